The molecule has 86 valence electrons. The van der Waals surface area contributed by atoms with E-state index in [2.05, 4.69) is 5.32 Å². The van der Waals surface area contributed by atoms with Crippen molar-refractivity contribution in [2.75, 3.05) is 6.54 Å². The average molecular weight is 240 g/mol. The molecule has 3 nitrogen and oxygen atoms in total. The summed E-state index contributed by atoms with van der Waals surface area (Å²) in [6.45, 7) is 2.08. The Hall–Kier alpha value is -1.48. The van der Waals surface area contributed by atoms with Crippen LogP contribution in [0.4, 0.5) is 0 Å². The summed E-state index contributed by atoms with van der Waals surface area (Å²) in [6, 6.07) is 5.09. The molecular weight excluding hydrogens is 226 g/mol. The molecule has 0 aliphatic carbocycles. The predicted octanol–water partition coefficient (Wildman–Crippen LogP) is 2.59. The number of amides is 1. The molecule has 2 N–H and O–H groups in total. The van der Waals surface area contributed by atoms with Crippen LogP contribution in [0.15, 0.2) is 24.3 Å². The summed E-state index contributed by atoms with van der Waals surface area (Å²) >= 11 is 5.89. The second-order valence-corrected chi connectivity index (χ2v) is 3.73. The third-order valence-corrected chi connectivity index (χ3v) is 2.40. The standard InChI is InChI=1S/C12H14ClNO2/c1-9(15)14-8-3-2-5-10-6-4-7-11(16)12(10)13/h2,4-7,16H,3,8H2,1H3,(H,14,15). The largest absolute Gasteiger partial charge is 0.506 e. The Morgan fingerprint density at radius 2 is 2.31 bits per heavy atom. The summed E-state index contributed by atoms with van der Waals surface area (Å²) in [5.74, 6) is 0.0365. The van der Waals surface area contributed by atoms with Gasteiger partial charge in [-0.3, -0.25) is 4.79 Å². The molecule has 0 radical (unpaired) electrons. The van der Waals surface area contributed by atoms with Crippen LogP contribution in [0.2, 0.25) is 5.02 Å². The van der Waals surface area contributed by atoms with Crippen LogP contribution in [-0.4, -0.2) is 17.6 Å². The highest BCUT2D eigenvalue weighted by Crippen LogP contribution is 2.27. The van der Waals surface area contributed by atoms with Crippen molar-refractivity contribution in [2.45, 2.75) is 13.3 Å². The van der Waals surface area contributed by atoms with Crippen LogP contribution < -0.4 is 5.32 Å². The molecule has 0 heterocycles. The zero-order valence-corrected chi connectivity index (χ0v) is 9.79. The van der Waals surface area contributed by atoms with E-state index in [0.717, 1.165) is 12.0 Å². The molecule has 0 saturated heterocycles. The number of nitrogens with one attached hydrogen (secondary N) is 1. The van der Waals surface area contributed by atoms with Crippen LogP contribution in [0.5, 0.6) is 5.75 Å². The van der Waals surface area contributed by atoms with E-state index in [9.17, 15) is 9.90 Å². The summed E-state index contributed by atoms with van der Waals surface area (Å²) in [5, 5.41) is 12.4. The zero-order valence-electron chi connectivity index (χ0n) is 9.03. The first kappa shape index (κ1) is 12.6. The fraction of sp³-hybridized carbons (Fsp3) is 0.250. The van der Waals surface area contributed by atoms with Crippen molar-refractivity contribution >= 4 is 23.6 Å². The van der Waals surface area contributed by atoms with Gasteiger partial charge in [0.2, 0.25) is 5.91 Å². The second kappa shape index (κ2) is 6.18. The molecule has 0 bridgehead atoms. The lowest BCUT2D eigenvalue weighted by Gasteiger charge is -2.00. The van der Waals surface area contributed by atoms with Gasteiger partial charge in [0.1, 0.15) is 5.75 Å². The summed E-state index contributed by atoms with van der Waals surface area (Å²) in [5.41, 5.74) is 0.768. The number of hydrogen-bond donors (Lipinski definition) is 2. The van der Waals surface area contributed by atoms with E-state index in [1.807, 2.05) is 18.2 Å². The molecule has 4 heteroatoms. The molecule has 1 aromatic rings. The van der Waals surface area contributed by atoms with Gasteiger partial charge in [0.25, 0.3) is 0 Å². The highest BCUT2D eigenvalue weighted by molar-refractivity contribution is 6.33. The van der Waals surface area contributed by atoms with Crippen LogP contribution in [0.25, 0.3) is 6.08 Å². The van der Waals surface area contributed by atoms with Gasteiger partial charge >= 0.3 is 0 Å². The van der Waals surface area contributed by atoms with Gasteiger partial charge in [0, 0.05) is 13.5 Å². The fourth-order valence-corrected chi connectivity index (χ4v) is 1.40. The van der Waals surface area contributed by atoms with E-state index in [-0.39, 0.29) is 11.7 Å². The maximum absolute atomic E-state index is 10.6. The molecule has 1 amide bonds. The minimum absolute atomic E-state index is 0.0382. The van der Waals surface area contributed by atoms with E-state index in [1.54, 1.807) is 6.07 Å². The highest BCUT2D eigenvalue weighted by Gasteiger charge is 2.00. The van der Waals surface area contributed by atoms with Gasteiger partial charge in [-0.1, -0.05) is 35.9 Å². The number of benzene rings is 1. The third kappa shape index (κ3) is 3.95. The summed E-state index contributed by atoms with van der Waals surface area (Å²) in [7, 11) is 0. The van der Waals surface area contributed by atoms with Crippen molar-refractivity contribution in [3.63, 3.8) is 0 Å². The lowest BCUT2D eigenvalue weighted by Crippen LogP contribution is -2.20. The number of carbonyl (C=O) groups excluding carboxylic acids is 1. The van der Waals surface area contributed by atoms with Crippen LogP contribution >= 0.6 is 11.6 Å². The van der Waals surface area contributed by atoms with E-state index in [1.165, 1.54) is 13.0 Å². The van der Waals surface area contributed by atoms with E-state index >= 15 is 0 Å². The van der Waals surface area contributed by atoms with Crippen LogP contribution in [0.3, 0.4) is 0 Å². The van der Waals surface area contributed by atoms with Gasteiger partial charge in [-0.25, -0.2) is 0 Å². The Kier molecular flexibility index (Phi) is 4.86. The van der Waals surface area contributed by atoms with Crippen LogP contribution in [-0.2, 0) is 4.79 Å². The lowest BCUT2D eigenvalue weighted by molar-refractivity contribution is -0.118. The van der Waals surface area contributed by atoms with Crippen molar-refractivity contribution in [2.24, 2.45) is 0 Å². The molecular formula is C12H14ClNO2. The number of aromatic hydroxyl groups is 1. The molecule has 0 unspecified atom stereocenters. The van der Waals surface area contributed by atoms with Gasteiger partial charge in [-0.2, -0.15) is 0 Å². The molecule has 16 heavy (non-hydrogen) atoms. The molecule has 0 fully saturated rings. The van der Waals surface area contributed by atoms with Crippen molar-refractivity contribution in [1.29, 1.82) is 0 Å². The summed E-state index contributed by atoms with van der Waals surface area (Å²) in [6.07, 6.45) is 4.45. The molecule has 1 rings (SSSR count). The van der Waals surface area contributed by atoms with Crippen molar-refractivity contribution in [3.05, 3.63) is 34.9 Å². The minimum Gasteiger partial charge on any atom is -0.506 e. The summed E-state index contributed by atoms with van der Waals surface area (Å²) in [4.78, 5) is 10.6. The van der Waals surface area contributed by atoms with Gasteiger partial charge in [-0.05, 0) is 18.1 Å². The normalized spacial score (nSPS) is 10.6. The summed E-state index contributed by atoms with van der Waals surface area (Å²) < 4.78 is 0. The number of phenolic OH excluding ortho intramolecular Hbond substituents is 1. The minimum atomic E-state index is -0.0382. The van der Waals surface area contributed by atoms with Crippen LogP contribution in [0, 0.1) is 0 Å². The van der Waals surface area contributed by atoms with E-state index < -0.39 is 0 Å². The maximum atomic E-state index is 10.6. The van der Waals surface area contributed by atoms with E-state index in [0.29, 0.717) is 11.6 Å². The number of phenols is 1. The molecule has 0 saturated carbocycles. The Morgan fingerprint density at radius 3 is 3.00 bits per heavy atom. The van der Waals surface area contributed by atoms with Crippen molar-refractivity contribution < 1.29 is 9.90 Å². The zero-order chi connectivity index (χ0) is 12.0. The van der Waals surface area contributed by atoms with Gasteiger partial charge < -0.3 is 10.4 Å². The Morgan fingerprint density at radius 1 is 1.56 bits per heavy atom. The second-order valence-electron chi connectivity index (χ2n) is 3.35. The first-order valence-corrected chi connectivity index (χ1v) is 5.37. The van der Waals surface area contributed by atoms with Gasteiger partial charge in [0.15, 0.2) is 0 Å². The molecule has 0 atom stereocenters. The predicted molar refractivity (Wildman–Crippen MR) is 65.5 cm³/mol. The highest BCUT2D eigenvalue weighted by atomic mass is 35.5. The Labute approximate surface area is 99.7 Å². The van der Waals surface area contributed by atoms with Gasteiger partial charge in [0.05, 0.1) is 5.02 Å². The number of halogens is 1. The molecule has 1 aromatic carbocycles. The van der Waals surface area contributed by atoms with Gasteiger partial charge in [-0.15, -0.1) is 0 Å². The molecule has 0 aromatic heterocycles. The number of carbonyl (C=O) groups is 1. The molecule has 0 aliphatic heterocycles. The first-order chi connectivity index (χ1) is 7.61. The van der Waals surface area contributed by atoms with Crippen molar-refractivity contribution in [3.8, 4) is 5.75 Å². The third-order valence-electron chi connectivity index (χ3n) is 1.99. The van der Waals surface area contributed by atoms with Crippen LogP contribution in [0.1, 0.15) is 18.9 Å². The quantitative estimate of drug-likeness (QED) is 0.794. The van der Waals surface area contributed by atoms with Crippen molar-refractivity contribution in [1.82, 2.24) is 5.32 Å². The monoisotopic (exact) mass is 239 g/mol. The number of hydrogen-bond acceptors (Lipinski definition) is 2. The lowest BCUT2D eigenvalue weighted by atomic mass is 10.2. The molecule has 0 aliphatic rings. The maximum Gasteiger partial charge on any atom is 0.216 e. The topological polar surface area (TPSA) is 49.3 Å². The smallest absolute Gasteiger partial charge is 0.216 e. The Bertz CT molecular complexity index is 402. The SMILES string of the molecule is CC(=O)NCCC=Cc1cccc(O)c1Cl. The first-order valence-electron chi connectivity index (χ1n) is 4.99. The Balaban J connectivity index is 2.50. The molecule has 0 spiro atoms. The fourth-order valence-electron chi connectivity index (χ4n) is 1.21. The average Bonchev–Trinajstić information content (AvgIpc) is 2.23. The van der Waals surface area contributed by atoms with E-state index in [4.69, 9.17) is 11.6 Å². The number of rotatable bonds is 4.